The van der Waals surface area contributed by atoms with Crippen LogP contribution in [0.4, 0.5) is 0 Å². The van der Waals surface area contributed by atoms with Crippen molar-refractivity contribution < 1.29 is 13.9 Å². The van der Waals surface area contributed by atoms with Crippen LogP contribution < -0.4 is 10.2 Å². The number of hydrogen-bond donors (Lipinski definition) is 0. The van der Waals surface area contributed by atoms with Crippen LogP contribution in [-0.4, -0.2) is 15.5 Å². The molecule has 146 valence electrons. The van der Waals surface area contributed by atoms with Gasteiger partial charge in [0.05, 0.1) is 22.0 Å². The van der Waals surface area contributed by atoms with Gasteiger partial charge >= 0.3 is 5.97 Å². The van der Waals surface area contributed by atoms with Gasteiger partial charge in [0.25, 0.3) is 0 Å². The van der Waals surface area contributed by atoms with E-state index in [2.05, 4.69) is 4.98 Å². The summed E-state index contributed by atoms with van der Waals surface area (Å²) in [6.07, 6.45) is 1.40. The van der Waals surface area contributed by atoms with Crippen LogP contribution in [0.25, 0.3) is 33.4 Å². The molecule has 0 amide bonds. The van der Waals surface area contributed by atoms with Gasteiger partial charge in [-0.05, 0) is 36.4 Å². The molecule has 6 heteroatoms. The third kappa shape index (κ3) is 2.95. The summed E-state index contributed by atoms with van der Waals surface area (Å²) in [6.45, 7) is 0. The van der Waals surface area contributed by atoms with E-state index in [-0.39, 0.29) is 5.43 Å². The van der Waals surface area contributed by atoms with Gasteiger partial charge in [0.2, 0.25) is 5.43 Å². The number of fused-ring (bicyclic) bond motifs is 2. The minimum absolute atomic E-state index is 0.199. The molecule has 0 aliphatic heterocycles. The van der Waals surface area contributed by atoms with Crippen molar-refractivity contribution in [3.63, 3.8) is 0 Å². The zero-order chi connectivity index (χ0) is 20.7. The molecule has 2 heterocycles. The Bertz CT molecular complexity index is 1470. The van der Waals surface area contributed by atoms with E-state index in [1.807, 2.05) is 41.9 Å². The summed E-state index contributed by atoms with van der Waals surface area (Å²) in [6, 6.07) is 21.1. The van der Waals surface area contributed by atoms with Crippen LogP contribution in [0.2, 0.25) is 0 Å². The summed E-state index contributed by atoms with van der Waals surface area (Å²) < 4.78 is 13.0. The Balaban J connectivity index is 1.54. The Morgan fingerprint density at radius 3 is 2.57 bits per heavy atom. The fraction of sp³-hybridized carbons (Fsp3) is 0.0417. The van der Waals surface area contributed by atoms with Crippen molar-refractivity contribution in [2.75, 3.05) is 0 Å². The topological polar surface area (TPSA) is 74.3 Å². The van der Waals surface area contributed by atoms with Crippen molar-refractivity contribution in [1.82, 2.24) is 9.55 Å². The minimum atomic E-state index is -0.478. The number of benzene rings is 3. The molecule has 0 fully saturated rings. The lowest BCUT2D eigenvalue weighted by Crippen LogP contribution is -2.10. The summed E-state index contributed by atoms with van der Waals surface area (Å²) in [5.74, 6) is 0.357. The Labute approximate surface area is 171 Å². The highest BCUT2D eigenvalue weighted by atomic mass is 16.5. The molecule has 5 rings (SSSR count). The molecule has 5 aromatic rings. The lowest BCUT2D eigenvalue weighted by atomic mass is 10.1. The largest absolute Gasteiger partial charge is 0.463 e. The van der Waals surface area contributed by atoms with E-state index in [0.29, 0.717) is 33.7 Å². The third-order valence-electron chi connectivity index (χ3n) is 4.99. The van der Waals surface area contributed by atoms with Gasteiger partial charge in [-0.3, -0.25) is 4.79 Å². The van der Waals surface area contributed by atoms with Gasteiger partial charge in [-0.1, -0.05) is 30.3 Å². The summed E-state index contributed by atoms with van der Waals surface area (Å²) in [5, 5.41) is 0.388. The Morgan fingerprint density at radius 1 is 1.00 bits per heavy atom. The minimum Gasteiger partial charge on any atom is -0.463 e. The van der Waals surface area contributed by atoms with Crippen molar-refractivity contribution >= 4 is 28.0 Å². The maximum Gasteiger partial charge on any atom is 0.343 e. The van der Waals surface area contributed by atoms with Crippen LogP contribution in [0.5, 0.6) is 5.75 Å². The number of aromatic nitrogens is 2. The number of para-hydroxylation sites is 2. The summed E-state index contributed by atoms with van der Waals surface area (Å²) in [5.41, 5.74) is 2.68. The smallest absolute Gasteiger partial charge is 0.343 e. The van der Waals surface area contributed by atoms with Crippen LogP contribution in [-0.2, 0) is 7.05 Å². The molecular formula is C24H16N2O4. The predicted molar refractivity (Wildman–Crippen MR) is 114 cm³/mol. The van der Waals surface area contributed by atoms with Crippen LogP contribution in [0.3, 0.4) is 0 Å². The highest BCUT2D eigenvalue weighted by Gasteiger charge is 2.16. The van der Waals surface area contributed by atoms with E-state index in [0.717, 1.165) is 11.0 Å². The standard InChI is InChI=1S/C24H16N2O4/c1-26-20-10-6-5-9-19(20)25-23(26)18-14-29-21-13-16(11-12-17(21)22(18)27)30-24(28)15-7-3-2-4-8-15/h2-14H,1H3. The molecule has 0 radical (unpaired) electrons. The van der Waals surface area contributed by atoms with Crippen molar-refractivity contribution in [3.05, 3.63) is 94.8 Å². The van der Waals surface area contributed by atoms with E-state index in [9.17, 15) is 9.59 Å². The number of imidazole rings is 1. The molecular weight excluding hydrogens is 380 g/mol. The molecule has 0 aliphatic carbocycles. The zero-order valence-electron chi connectivity index (χ0n) is 16.0. The average Bonchev–Trinajstić information content (AvgIpc) is 3.11. The SMILES string of the molecule is Cn1c(-c2coc3cc(OC(=O)c4ccccc4)ccc3c2=O)nc2ccccc21. The van der Waals surface area contributed by atoms with Gasteiger partial charge < -0.3 is 13.7 Å². The molecule has 0 spiro atoms. The average molecular weight is 396 g/mol. The normalized spacial score (nSPS) is 11.1. The molecule has 30 heavy (non-hydrogen) atoms. The summed E-state index contributed by atoms with van der Waals surface area (Å²) in [7, 11) is 1.86. The first-order chi connectivity index (χ1) is 14.6. The number of carbonyl (C=O) groups excluding carboxylic acids is 1. The van der Waals surface area contributed by atoms with Crippen molar-refractivity contribution in [1.29, 1.82) is 0 Å². The molecule has 0 saturated heterocycles. The van der Waals surface area contributed by atoms with Gasteiger partial charge in [0, 0.05) is 13.1 Å². The molecule has 0 bridgehead atoms. The van der Waals surface area contributed by atoms with Gasteiger partial charge in [-0.2, -0.15) is 0 Å². The Kier molecular flexibility index (Phi) is 4.17. The number of esters is 1. The molecule has 2 aromatic heterocycles. The predicted octanol–water partition coefficient (Wildman–Crippen LogP) is 4.57. The van der Waals surface area contributed by atoms with Gasteiger partial charge in [0.15, 0.2) is 0 Å². The molecule has 0 saturated carbocycles. The van der Waals surface area contributed by atoms with Crippen molar-refractivity contribution in [2.45, 2.75) is 0 Å². The first-order valence-electron chi connectivity index (χ1n) is 9.36. The van der Waals surface area contributed by atoms with Crippen molar-refractivity contribution in [2.24, 2.45) is 7.05 Å². The maximum absolute atomic E-state index is 13.1. The number of hydrogen-bond acceptors (Lipinski definition) is 5. The maximum atomic E-state index is 13.1. The molecule has 0 atom stereocenters. The van der Waals surface area contributed by atoms with Crippen molar-refractivity contribution in [3.8, 4) is 17.1 Å². The number of rotatable bonds is 3. The first-order valence-corrected chi connectivity index (χ1v) is 9.36. The Hall–Kier alpha value is -4.19. The monoisotopic (exact) mass is 396 g/mol. The second-order valence-corrected chi connectivity index (χ2v) is 6.88. The van der Waals surface area contributed by atoms with E-state index in [1.54, 1.807) is 36.4 Å². The fourth-order valence-electron chi connectivity index (χ4n) is 3.45. The van der Waals surface area contributed by atoms with E-state index < -0.39 is 5.97 Å². The summed E-state index contributed by atoms with van der Waals surface area (Å²) >= 11 is 0. The second kappa shape index (κ2) is 7.00. The Morgan fingerprint density at radius 2 is 1.77 bits per heavy atom. The fourth-order valence-corrected chi connectivity index (χ4v) is 3.45. The van der Waals surface area contributed by atoms with Crippen LogP contribution in [0, 0.1) is 0 Å². The van der Waals surface area contributed by atoms with Crippen LogP contribution in [0.15, 0.2) is 88.3 Å². The van der Waals surface area contributed by atoms with E-state index in [1.165, 1.54) is 12.3 Å². The van der Waals surface area contributed by atoms with E-state index in [4.69, 9.17) is 9.15 Å². The van der Waals surface area contributed by atoms with Gasteiger partial charge in [0.1, 0.15) is 29.0 Å². The molecule has 0 unspecified atom stereocenters. The zero-order valence-corrected chi connectivity index (χ0v) is 16.0. The third-order valence-corrected chi connectivity index (χ3v) is 4.99. The lowest BCUT2D eigenvalue weighted by molar-refractivity contribution is 0.0735. The number of ether oxygens (including phenoxy) is 1. The number of aryl methyl sites for hydroxylation is 1. The highest BCUT2D eigenvalue weighted by Crippen LogP contribution is 2.25. The first kappa shape index (κ1) is 17.9. The van der Waals surface area contributed by atoms with Crippen LogP contribution in [0.1, 0.15) is 10.4 Å². The lowest BCUT2D eigenvalue weighted by Gasteiger charge is -2.06. The molecule has 0 N–H and O–H groups in total. The number of carbonyl (C=O) groups is 1. The summed E-state index contributed by atoms with van der Waals surface area (Å²) in [4.78, 5) is 29.9. The van der Waals surface area contributed by atoms with Gasteiger partial charge in [-0.25, -0.2) is 9.78 Å². The molecule has 3 aromatic carbocycles. The van der Waals surface area contributed by atoms with Gasteiger partial charge in [-0.15, -0.1) is 0 Å². The quantitative estimate of drug-likeness (QED) is 0.330. The second-order valence-electron chi connectivity index (χ2n) is 6.88. The highest BCUT2D eigenvalue weighted by molar-refractivity contribution is 5.92. The molecule has 6 nitrogen and oxygen atoms in total. The number of nitrogens with zero attached hydrogens (tertiary/aromatic N) is 2. The van der Waals surface area contributed by atoms with Crippen LogP contribution >= 0.6 is 0 Å². The van der Waals surface area contributed by atoms with E-state index >= 15 is 0 Å². The molecule has 0 aliphatic rings.